The Morgan fingerprint density at radius 3 is 2.29 bits per heavy atom. The van der Waals surface area contributed by atoms with Crippen LogP contribution in [0.2, 0.25) is 0 Å². The molecule has 0 aliphatic carbocycles. The summed E-state index contributed by atoms with van der Waals surface area (Å²) in [5.41, 5.74) is 1.82. The van der Waals surface area contributed by atoms with Crippen molar-refractivity contribution in [1.29, 1.82) is 0 Å². The maximum Gasteiger partial charge on any atom is 0.295 e. The Labute approximate surface area is 240 Å². The van der Waals surface area contributed by atoms with Crippen molar-refractivity contribution in [1.82, 2.24) is 9.80 Å². The molecule has 0 bridgehead atoms. The number of benzene rings is 3. The molecule has 1 aliphatic heterocycles. The van der Waals surface area contributed by atoms with Crippen LogP contribution in [0.3, 0.4) is 0 Å². The molecule has 4 rings (SSSR count). The first-order valence-electron chi connectivity index (χ1n) is 14.1. The molecular weight excluding hydrogens is 523 g/mol. The van der Waals surface area contributed by atoms with E-state index < -0.39 is 23.5 Å². The van der Waals surface area contributed by atoms with Gasteiger partial charge in [0.1, 0.15) is 18.2 Å². The molecule has 1 aliphatic rings. The monoisotopic (exact) mass is 560 g/mol. The van der Waals surface area contributed by atoms with Crippen molar-refractivity contribution in [2.24, 2.45) is 0 Å². The summed E-state index contributed by atoms with van der Waals surface area (Å²) in [6, 6.07) is 19.4. The summed E-state index contributed by atoms with van der Waals surface area (Å²) >= 11 is 0. The number of ketones is 1. The van der Waals surface area contributed by atoms with Gasteiger partial charge in [0, 0.05) is 12.1 Å². The highest BCUT2D eigenvalue weighted by atomic mass is 19.1. The van der Waals surface area contributed by atoms with Crippen molar-refractivity contribution < 1.29 is 28.6 Å². The minimum Gasteiger partial charge on any atom is -0.507 e. The average Bonchev–Trinajstić information content (AvgIpc) is 3.24. The fraction of sp³-hybridized carbons (Fsp3) is 0.333. The third kappa shape index (κ3) is 6.95. The predicted molar refractivity (Wildman–Crippen MR) is 156 cm³/mol. The molecule has 0 radical (unpaired) electrons. The highest BCUT2D eigenvalue weighted by molar-refractivity contribution is 6.46. The molecule has 216 valence electrons. The summed E-state index contributed by atoms with van der Waals surface area (Å²) < 4.78 is 25.6. The number of Topliss-reactive ketones (excluding diaryl/α,β-unsaturated/α-hetero) is 1. The Morgan fingerprint density at radius 2 is 1.63 bits per heavy atom. The summed E-state index contributed by atoms with van der Waals surface area (Å²) in [5, 5.41) is 11.3. The maximum absolute atomic E-state index is 13.6. The number of amides is 1. The number of aliphatic hydroxyl groups is 1. The van der Waals surface area contributed by atoms with E-state index in [2.05, 4.69) is 18.7 Å². The van der Waals surface area contributed by atoms with Crippen LogP contribution in [0.15, 0.2) is 78.4 Å². The van der Waals surface area contributed by atoms with Gasteiger partial charge in [-0.1, -0.05) is 50.2 Å². The topological polar surface area (TPSA) is 79.3 Å². The lowest BCUT2D eigenvalue weighted by atomic mass is 9.95. The van der Waals surface area contributed by atoms with E-state index in [1.807, 2.05) is 37.3 Å². The van der Waals surface area contributed by atoms with Gasteiger partial charge >= 0.3 is 0 Å². The Balaban J connectivity index is 1.73. The molecule has 3 aromatic carbocycles. The quantitative estimate of drug-likeness (QED) is 0.158. The second-order valence-electron chi connectivity index (χ2n) is 9.79. The second kappa shape index (κ2) is 13.9. The van der Waals surface area contributed by atoms with Gasteiger partial charge in [0.15, 0.2) is 11.5 Å². The molecule has 41 heavy (non-hydrogen) atoms. The molecule has 1 N–H and O–H groups in total. The third-order valence-corrected chi connectivity index (χ3v) is 7.25. The van der Waals surface area contributed by atoms with Gasteiger partial charge in [-0.3, -0.25) is 9.59 Å². The van der Waals surface area contributed by atoms with E-state index in [4.69, 9.17) is 9.47 Å². The molecule has 1 unspecified atom stereocenters. The lowest BCUT2D eigenvalue weighted by Crippen LogP contribution is -2.33. The first kappa shape index (κ1) is 29.8. The van der Waals surface area contributed by atoms with Crippen LogP contribution in [0.1, 0.15) is 49.9 Å². The Kier molecular flexibility index (Phi) is 10.1. The zero-order chi connectivity index (χ0) is 29.4. The van der Waals surface area contributed by atoms with Gasteiger partial charge in [0.25, 0.3) is 11.7 Å². The smallest absolute Gasteiger partial charge is 0.295 e. The summed E-state index contributed by atoms with van der Waals surface area (Å²) in [5.74, 6) is -1.28. The molecule has 1 saturated heterocycles. The number of rotatable bonds is 13. The summed E-state index contributed by atoms with van der Waals surface area (Å²) in [7, 11) is 0. The van der Waals surface area contributed by atoms with Crippen molar-refractivity contribution in [3.8, 4) is 11.5 Å². The number of aliphatic hydroxyl groups excluding tert-OH is 1. The standard InChI is InChI=1S/C33H37FN2O5/c1-4-35(5-2)19-10-20-36-30(29(32(38)33(36)39)31(37)24-13-16-26(34)17-14-24)25-15-18-27(28(21-25)40-6-3)41-22-23-11-8-7-9-12-23/h7-9,11-18,21,30,37H,4-6,10,19-20,22H2,1-3H3/b31-29+. The fourth-order valence-corrected chi connectivity index (χ4v) is 5.04. The molecule has 1 amide bonds. The van der Waals surface area contributed by atoms with Crippen molar-refractivity contribution in [2.45, 2.75) is 39.8 Å². The number of nitrogens with zero attached hydrogens (tertiary/aromatic N) is 2. The Bertz CT molecular complexity index is 1370. The third-order valence-electron chi connectivity index (χ3n) is 7.25. The zero-order valence-electron chi connectivity index (χ0n) is 23.8. The first-order valence-corrected chi connectivity index (χ1v) is 14.1. The van der Waals surface area contributed by atoms with Gasteiger partial charge < -0.3 is 24.4 Å². The van der Waals surface area contributed by atoms with Gasteiger partial charge in [0.05, 0.1) is 18.2 Å². The number of carbonyl (C=O) groups is 2. The number of carbonyl (C=O) groups excluding carboxylic acids is 2. The second-order valence-corrected chi connectivity index (χ2v) is 9.79. The van der Waals surface area contributed by atoms with Gasteiger partial charge in [-0.15, -0.1) is 0 Å². The maximum atomic E-state index is 13.6. The Morgan fingerprint density at radius 1 is 0.927 bits per heavy atom. The molecule has 8 heteroatoms. The van der Waals surface area contributed by atoms with E-state index in [-0.39, 0.29) is 16.9 Å². The molecule has 7 nitrogen and oxygen atoms in total. The van der Waals surface area contributed by atoms with Crippen molar-refractivity contribution in [2.75, 3.05) is 32.8 Å². The molecule has 3 aromatic rings. The van der Waals surface area contributed by atoms with Crippen LogP contribution in [-0.4, -0.2) is 59.4 Å². The van der Waals surface area contributed by atoms with Crippen LogP contribution in [0.25, 0.3) is 5.76 Å². The first-order chi connectivity index (χ1) is 19.9. The van der Waals surface area contributed by atoms with E-state index in [1.165, 1.54) is 29.2 Å². The van der Waals surface area contributed by atoms with Gasteiger partial charge in [-0.2, -0.15) is 0 Å². The van der Waals surface area contributed by atoms with Crippen LogP contribution in [0.4, 0.5) is 4.39 Å². The van der Waals surface area contributed by atoms with Crippen LogP contribution < -0.4 is 9.47 Å². The molecule has 1 heterocycles. The van der Waals surface area contributed by atoms with Gasteiger partial charge in [-0.25, -0.2) is 4.39 Å². The summed E-state index contributed by atoms with van der Waals surface area (Å²) in [6.07, 6.45) is 0.651. The molecule has 0 saturated carbocycles. The lowest BCUT2D eigenvalue weighted by Gasteiger charge is -2.27. The SMILES string of the molecule is CCOc1cc(C2/C(=C(\O)c3ccc(F)cc3)C(=O)C(=O)N2CCCN(CC)CC)ccc1OCc1ccccc1. The number of hydrogen-bond acceptors (Lipinski definition) is 6. The highest BCUT2D eigenvalue weighted by Gasteiger charge is 2.46. The van der Waals surface area contributed by atoms with Crippen LogP contribution >= 0.6 is 0 Å². The van der Waals surface area contributed by atoms with Crippen molar-refractivity contribution >= 4 is 17.4 Å². The Hall–Kier alpha value is -4.17. The van der Waals surface area contributed by atoms with E-state index in [0.717, 1.165) is 25.2 Å². The largest absolute Gasteiger partial charge is 0.507 e. The zero-order valence-corrected chi connectivity index (χ0v) is 23.8. The fourth-order valence-electron chi connectivity index (χ4n) is 5.04. The summed E-state index contributed by atoms with van der Waals surface area (Å²) in [6.45, 7) is 9.58. The number of ether oxygens (including phenoxy) is 2. The minimum absolute atomic E-state index is 0.0372. The number of halogens is 1. The molecular formula is C33H37FN2O5. The molecule has 0 spiro atoms. The number of hydrogen-bond donors (Lipinski definition) is 1. The molecule has 1 fully saturated rings. The van der Waals surface area contributed by atoms with Gasteiger partial charge in [-0.05, 0) is 80.5 Å². The highest BCUT2D eigenvalue weighted by Crippen LogP contribution is 2.42. The van der Waals surface area contributed by atoms with E-state index >= 15 is 0 Å². The normalized spacial score (nSPS) is 16.4. The predicted octanol–water partition coefficient (Wildman–Crippen LogP) is 5.96. The minimum atomic E-state index is -0.848. The van der Waals surface area contributed by atoms with E-state index in [1.54, 1.807) is 18.2 Å². The summed E-state index contributed by atoms with van der Waals surface area (Å²) in [4.78, 5) is 30.5. The van der Waals surface area contributed by atoms with Gasteiger partial charge in [0.2, 0.25) is 0 Å². The van der Waals surface area contributed by atoms with Crippen LogP contribution in [0.5, 0.6) is 11.5 Å². The van der Waals surface area contributed by atoms with Crippen LogP contribution in [-0.2, 0) is 16.2 Å². The molecule has 1 atom stereocenters. The van der Waals surface area contributed by atoms with Crippen molar-refractivity contribution in [3.63, 3.8) is 0 Å². The van der Waals surface area contributed by atoms with Crippen molar-refractivity contribution in [3.05, 3.63) is 101 Å². The average molecular weight is 561 g/mol. The molecule has 0 aromatic heterocycles. The lowest BCUT2D eigenvalue weighted by molar-refractivity contribution is -0.140. The van der Waals surface area contributed by atoms with E-state index in [0.29, 0.717) is 43.2 Å². The number of likely N-dealkylation sites (tertiary alicyclic amines) is 1. The van der Waals surface area contributed by atoms with E-state index in [9.17, 15) is 19.1 Å². The van der Waals surface area contributed by atoms with Crippen LogP contribution in [0, 0.1) is 5.82 Å².